The summed E-state index contributed by atoms with van der Waals surface area (Å²) in [4.78, 5) is 11.3. The quantitative estimate of drug-likeness (QED) is 0.469. The fourth-order valence-corrected chi connectivity index (χ4v) is 3.29. The van der Waals surface area contributed by atoms with Crippen LogP contribution in [0.2, 0.25) is 0 Å². The molecule has 0 spiro atoms. The largest absolute Gasteiger partial charge is 0.469 e. The molecule has 4 nitrogen and oxygen atoms in total. The predicted octanol–water partition coefficient (Wildman–Crippen LogP) is 3.19. The second-order valence-electron chi connectivity index (χ2n) is 3.69. The molecule has 0 aliphatic carbocycles. The van der Waals surface area contributed by atoms with E-state index in [4.69, 9.17) is 0 Å². The van der Waals surface area contributed by atoms with E-state index < -0.39 is 0 Å². The highest BCUT2D eigenvalue weighted by atomic mass is 127. The highest BCUT2D eigenvalue weighted by molar-refractivity contribution is 14.2. The number of fused-ring (bicyclic) bond motifs is 1. The smallest absolute Gasteiger partial charge is 0.309 e. The fourth-order valence-electron chi connectivity index (χ4n) is 1.75. The molecule has 1 heterocycles. The molecule has 1 unspecified atom stereocenters. The predicted molar refractivity (Wildman–Crippen MR) is 83.3 cm³/mol. The number of halogens is 1. The second-order valence-corrected chi connectivity index (χ2v) is 5.73. The van der Waals surface area contributed by atoms with Gasteiger partial charge in [0.15, 0.2) is 0 Å². The summed E-state index contributed by atoms with van der Waals surface area (Å²) in [6.07, 6.45) is 2.55. The monoisotopic (exact) mass is 374 g/mol. The van der Waals surface area contributed by atoms with Gasteiger partial charge in [-0.15, -0.1) is 0 Å². The number of methoxy groups -OCH3 is 1. The minimum absolute atomic E-state index is 0.238. The van der Waals surface area contributed by atoms with Gasteiger partial charge in [0.25, 0.3) is 0 Å². The molecule has 0 radical (unpaired) electrons. The van der Waals surface area contributed by atoms with Crippen LogP contribution in [0.4, 0.5) is 0 Å². The van der Waals surface area contributed by atoms with Crippen LogP contribution in [-0.4, -0.2) is 22.6 Å². The lowest BCUT2D eigenvalue weighted by atomic mass is 10.1. The highest BCUT2D eigenvalue weighted by Gasteiger charge is 2.10. The first-order valence-corrected chi connectivity index (χ1v) is 9.33. The Morgan fingerprint density at radius 3 is 3.06 bits per heavy atom. The van der Waals surface area contributed by atoms with Gasteiger partial charge in [0.2, 0.25) is 0 Å². The van der Waals surface area contributed by atoms with Crippen molar-refractivity contribution in [3.05, 3.63) is 36.0 Å². The summed E-state index contributed by atoms with van der Waals surface area (Å²) in [6.45, 7) is 3.77. The number of carbonyl (C=O) groups excluding carboxylic acids is 1. The second kappa shape index (κ2) is 5.80. The lowest BCUT2D eigenvalue weighted by Gasteiger charge is -2.01. The molecular weight excluding hydrogens is 362 g/mol. The van der Waals surface area contributed by atoms with Crippen molar-refractivity contribution in [1.29, 1.82) is 0 Å². The molecule has 0 N–H and O–H groups in total. The lowest BCUT2D eigenvalue weighted by molar-refractivity contribution is -0.139. The average molecular weight is 374 g/mol. The van der Waals surface area contributed by atoms with Crippen LogP contribution in [-0.2, 0) is 16.0 Å². The third-order valence-electron chi connectivity index (χ3n) is 2.62. The first-order chi connectivity index (χ1) is 8.69. The summed E-state index contributed by atoms with van der Waals surface area (Å²) >= 11 is 2.29. The van der Waals surface area contributed by atoms with Crippen LogP contribution in [0.5, 0.6) is 0 Å². The maximum Gasteiger partial charge on any atom is 0.309 e. The van der Waals surface area contributed by atoms with Crippen LogP contribution in [0.3, 0.4) is 0 Å². The van der Waals surface area contributed by atoms with E-state index in [2.05, 4.69) is 38.5 Å². The third-order valence-corrected chi connectivity index (χ3v) is 4.49. The number of aromatic nitrogens is 2. The van der Waals surface area contributed by atoms with E-state index in [1.165, 1.54) is 7.11 Å². The topological polar surface area (TPSA) is 44.1 Å². The summed E-state index contributed by atoms with van der Waals surface area (Å²) in [5.41, 5.74) is 2.83. The number of esters is 1. The molecule has 1 atom stereocenters. The summed E-state index contributed by atoms with van der Waals surface area (Å²) in [5.74, 6) is -0.238. The number of hydrogen-bond donors (Lipinski definition) is 0. The van der Waals surface area contributed by atoms with Gasteiger partial charge in [-0.05, 0) is 45.8 Å². The first-order valence-electron chi connectivity index (χ1n) is 5.27. The molecule has 18 heavy (non-hydrogen) atoms. The Hall–Kier alpha value is -0.940. The molecule has 94 valence electrons. The zero-order valence-electron chi connectivity index (χ0n) is 9.81. The Bertz CT molecular complexity index is 609. The maximum atomic E-state index is 11.3. The fraction of sp³-hybridized carbons (Fsp3) is 0.167. The van der Waals surface area contributed by atoms with Crippen molar-refractivity contribution in [2.45, 2.75) is 6.42 Å². The van der Waals surface area contributed by atoms with Crippen LogP contribution in [0.25, 0.3) is 17.0 Å². The van der Waals surface area contributed by atoms with Gasteiger partial charge in [-0.2, -0.15) is 5.10 Å². The van der Waals surface area contributed by atoms with E-state index in [-0.39, 0.29) is 12.4 Å². The summed E-state index contributed by atoms with van der Waals surface area (Å²) in [5, 5.41) is 5.48. The highest BCUT2D eigenvalue weighted by Crippen LogP contribution is 2.31. The minimum Gasteiger partial charge on any atom is -0.469 e. The summed E-state index contributed by atoms with van der Waals surface area (Å²) < 4.78 is 6.61. The van der Waals surface area contributed by atoms with Crippen molar-refractivity contribution < 1.29 is 9.53 Å². The Balaban J connectivity index is 2.49. The van der Waals surface area contributed by atoms with E-state index in [9.17, 15) is 4.79 Å². The molecule has 0 bridgehead atoms. The summed E-state index contributed by atoms with van der Waals surface area (Å²) in [7, 11) is 1.39. The Morgan fingerprint density at radius 1 is 1.67 bits per heavy atom. The zero-order valence-corrected chi connectivity index (χ0v) is 13.0. The van der Waals surface area contributed by atoms with Crippen molar-refractivity contribution in [3.63, 3.8) is 0 Å². The van der Waals surface area contributed by atoms with Crippen molar-refractivity contribution in [2.75, 3.05) is 7.11 Å². The molecular formula is C12H12IN2O2P. The molecule has 0 aliphatic rings. The van der Waals surface area contributed by atoms with Gasteiger partial charge in [0.1, 0.15) is 0 Å². The molecule has 0 aliphatic heterocycles. The van der Waals surface area contributed by atoms with Crippen LogP contribution >= 0.6 is 28.4 Å². The van der Waals surface area contributed by atoms with Gasteiger partial charge in [-0.3, -0.25) is 4.79 Å². The number of benzene rings is 1. The maximum absolute atomic E-state index is 11.3. The van der Waals surface area contributed by atoms with Crippen LogP contribution in [0.1, 0.15) is 11.3 Å². The van der Waals surface area contributed by atoms with E-state index in [0.717, 1.165) is 22.2 Å². The van der Waals surface area contributed by atoms with Crippen molar-refractivity contribution in [2.24, 2.45) is 0 Å². The lowest BCUT2D eigenvalue weighted by Crippen LogP contribution is -2.04. The standard InChI is InChI=1S/C12H12IN2O2P/c1-3-10-9-6-8(7-12(16)17-2)4-5-11(9)15(14-10)18-13/h3-6,18H,1,7H2,2H3. The van der Waals surface area contributed by atoms with Crippen molar-refractivity contribution in [3.8, 4) is 0 Å². The van der Waals surface area contributed by atoms with Crippen molar-refractivity contribution in [1.82, 2.24) is 9.55 Å². The molecule has 0 saturated heterocycles. The van der Waals surface area contributed by atoms with Gasteiger partial charge in [0, 0.05) is 5.39 Å². The van der Waals surface area contributed by atoms with Crippen LogP contribution in [0, 0.1) is 0 Å². The number of nitrogens with zero attached hydrogens (tertiary/aromatic N) is 2. The molecule has 0 fully saturated rings. The number of carbonyl (C=O) groups is 1. The van der Waals surface area contributed by atoms with Gasteiger partial charge in [-0.25, -0.2) is 4.45 Å². The minimum atomic E-state index is -0.238. The third kappa shape index (κ3) is 2.57. The Labute approximate surface area is 120 Å². The Morgan fingerprint density at radius 2 is 2.44 bits per heavy atom. The van der Waals surface area contributed by atoms with E-state index in [0.29, 0.717) is 6.37 Å². The number of hydrogen-bond acceptors (Lipinski definition) is 3. The molecule has 1 aromatic heterocycles. The summed E-state index contributed by atoms with van der Waals surface area (Å²) in [6, 6.07) is 5.89. The zero-order chi connectivity index (χ0) is 13.1. The molecule has 1 aromatic carbocycles. The van der Waals surface area contributed by atoms with Crippen molar-refractivity contribution >= 4 is 51.4 Å². The first kappa shape index (κ1) is 13.5. The Kier molecular flexibility index (Phi) is 4.35. The van der Waals surface area contributed by atoms with Gasteiger partial charge >= 0.3 is 5.97 Å². The molecule has 0 amide bonds. The van der Waals surface area contributed by atoms with Gasteiger partial charge in [-0.1, -0.05) is 12.6 Å². The van der Waals surface area contributed by atoms with E-state index in [1.54, 1.807) is 6.08 Å². The number of rotatable bonds is 4. The molecule has 0 saturated carbocycles. The van der Waals surface area contributed by atoms with Gasteiger partial charge < -0.3 is 4.74 Å². The van der Waals surface area contributed by atoms with Gasteiger partial charge in [0.05, 0.1) is 31.1 Å². The van der Waals surface area contributed by atoms with Crippen LogP contribution < -0.4 is 0 Å². The molecule has 2 rings (SSSR count). The van der Waals surface area contributed by atoms with E-state index >= 15 is 0 Å². The molecule has 6 heteroatoms. The SMILES string of the molecule is C=Cc1nn(PI)c2ccc(CC(=O)OC)cc12. The average Bonchev–Trinajstić information content (AvgIpc) is 2.75. The number of ether oxygens (including phenoxy) is 1. The normalized spacial score (nSPS) is 11.2. The molecule has 2 aromatic rings. The van der Waals surface area contributed by atoms with Crippen LogP contribution in [0.15, 0.2) is 24.8 Å². The van der Waals surface area contributed by atoms with E-state index in [1.807, 2.05) is 22.7 Å².